The molecule has 2 aromatic carbocycles. The Balaban J connectivity index is 1.70. The van der Waals surface area contributed by atoms with Crippen LogP contribution < -0.4 is 10.5 Å². The Morgan fingerprint density at radius 1 is 1.18 bits per heavy atom. The molecule has 1 aliphatic heterocycles. The average molecular weight is 296 g/mol. The minimum atomic E-state index is 0.100. The predicted molar refractivity (Wildman–Crippen MR) is 89.9 cm³/mol. The van der Waals surface area contributed by atoms with Gasteiger partial charge in [-0.05, 0) is 41.7 Å². The Morgan fingerprint density at radius 3 is 2.64 bits per heavy atom. The molecule has 116 valence electrons. The van der Waals surface area contributed by atoms with Crippen LogP contribution in [0.25, 0.3) is 0 Å². The van der Waals surface area contributed by atoms with E-state index < -0.39 is 0 Å². The van der Waals surface area contributed by atoms with Crippen molar-refractivity contribution < 1.29 is 4.74 Å². The topological polar surface area (TPSA) is 38.5 Å². The Morgan fingerprint density at radius 2 is 1.95 bits per heavy atom. The molecule has 3 heteroatoms. The summed E-state index contributed by atoms with van der Waals surface area (Å²) < 4.78 is 5.47. The number of methoxy groups -OCH3 is 1. The van der Waals surface area contributed by atoms with Gasteiger partial charge in [0.25, 0.3) is 0 Å². The van der Waals surface area contributed by atoms with Crippen molar-refractivity contribution in [2.24, 2.45) is 5.73 Å². The van der Waals surface area contributed by atoms with Crippen LogP contribution in [0.5, 0.6) is 5.75 Å². The van der Waals surface area contributed by atoms with E-state index in [0.717, 1.165) is 31.8 Å². The van der Waals surface area contributed by atoms with Crippen LogP contribution in [0.1, 0.15) is 35.2 Å². The van der Waals surface area contributed by atoms with E-state index in [4.69, 9.17) is 10.5 Å². The van der Waals surface area contributed by atoms with Crippen molar-refractivity contribution in [2.45, 2.75) is 32.5 Å². The molecule has 1 aliphatic rings. The van der Waals surface area contributed by atoms with E-state index in [2.05, 4.69) is 47.4 Å². The maximum atomic E-state index is 5.91. The zero-order valence-electron chi connectivity index (χ0n) is 13.4. The van der Waals surface area contributed by atoms with Gasteiger partial charge in [0, 0.05) is 25.7 Å². The average Bonchev–Trinajstić information content (AvgIpc) is 2.54. The molecule has 0 aromatic heterocycles. The molecule has 0 fully saturated rings. The minimum absolute atomic E-state index is 0.100. The Bertz CT molecular complexity index is 634. The zero-order valence-corrected chi connectivity index (χ0v) is 13.4. The molecule has 22 heavy (non-hydrogen) atoms. The van der Waals surface area contributed by atoms with Crippen molar-refractivity contribution in [3.05, 3.63) is 64.7 Å². The van der Waals surface area contributed by atoms with Crippen LogP contribution in [0, 0.1) is 0 Å². The Kier molecular flexibility index (Phi) is 4.46. The standard InChI is InChI=1S/C19H24N2O/c1-14(20)16-8-6-15(7-9-16)12-21-11-10-18-17(13-21)4-3-5-19(18)22-2/h3-9,14H,10-13,20H2,1-2H3. The summed E-state index contributed by atoms with van der Waals surface area (Å²) in [5.41, 5.74) is 11.2. The molecule has 2 N–H and O–H groups in total. The molecule has 2 aromatic rings. The molecule has 1 atom stereocenters. The van der Waals surface area contributed by atoms with Gasteiger partial charge in [0.15, 0.2) is 0 Å². The van der Waals surface area contributed by atoms with Gasteiger partial charge in [0.05, 0.1) is 7.11 Å². The number of nitrogens with two attached hydrogens (primary N) is 1. The fourth-order valence-corrected chi connectivity index (χ4v) is 3.14. The summed E-state index contributed by atoms with van der Waals surface area (Å²) in [6.45, 7) is 5.06. The van der Waals surface area contributed by atoms with Crippen molar-refractivity contribution in [1.29, 1.82) is 0 Å². The first-order valence-electron chi connectivity index (χ1n) is 7.89. The maximum absolute atomic E-state index is 5.91. The molecule has 0 saturated carbocycles. The predicted octanol–water partition coefficient (Wildman–Crippen LogP) is 3.27. The Labute approximate surface area is 132 Å². The zero-order chi connectivity index (χ0) is 15.5. The molecular weight excluding hydrogens is 272 g/mol. The third kappa shape index (κ3) is 3.16. The molecule has 0 saturated heterocycles. The highest BCUT2D eigenvalue weighted by molar-refractivity contribution is 5.41. The van der Waals surface area contributed by atoms with Gasteiger partial charge in [-0.2, -0.15) is 0 Å². The SMILES string of the molecule is COc1cccc2c1CCN(Cc1ccc(C(C)N)cc1)C2. The Hall–Kier alpha value is -1.84. The molecule has 0 bridgehead atoms. The van der Waals surface area contributed by atoms with Crippen molar-refractivity contribution in [3.63, 3.8) is 0 Å². The molecule has 3 nitrogen and oxygen atoms in total. The first-order chi connectivity index (χ1) is 10.7. The van der Waals surface area contributed by atoms with Crippen LogP contribution in [-0.4, -0.2) is 18.6 Å². The van der Waals surface area contributed by atoms with E-state index in [1.807, 2.05) is 6.92 Å². The molecule has 0 radical (unpaired) electrons. The number of fused-ring (bicyclic) bond motifs is 1. The maximum Gasteiger partial charge on any atom is 0.122 e. The second-order valence-electron chi connectivity index (χ2n) is 6.09. The fourth-order valence-electron chi connectivity index (χ4n) is 3.14. The summed E-state index contributed by atoms with van der Waals surface area (Å²) in [4.78, 5) is 2.49. The summed E-state index contributed by atoms with van der Waals surface area (Å²) in [6, 6.07) is 15.1. The van der Waals surface area contributed by atoms with Crippen LogP contribution >= 0.6 is 0 Å². The number of nitrogens with zero attached hydrogens (tertiary/aromatic N) is 1. The van der Waals surface area contributed by atoms with E-state index >= 15 is 0 Å². The molecule has 1 heterocycles. The minimum Gasteiger partial charge on any atom is -0.496 e. The van der Waals surface area contributed by atoms with E-state index in [1.54, 1.807) is 7.11 Å². The lowest BCUT2D eigenvalue weighted by Gasteiger charge is -2.29. The summed E-state index contributed by atoms with van der Waals surface area (Å²) in [7, 11) is 1.75. The lowest BCUT2D eigenvalue weighted by Crippen LogP contribution is -2.30. The van der Waals surface area contributed by atoms with E-state index in [-0.39, 0.29) is 6.04 Å². The highest BCUT2D eigenvalue weighted by Gasteiger charge is 2.19. The number of hydrogen-bond donors (Lipinski definition) is 1. The molecular formula is C19H24N2O. The van der Waals surface area contributed by atoms with Gasteiger partial charge in [0.1, 0.15) is 5.75 Å². The third-order valence-corrected chi connectivity index (χ3v) is 4.43. The number of rotatable bonds is 4. The largest absolute Gasteiger partial charge is 0.496 e. The van der Waals surface area contributed by atoms with E-state index in [0.29, 0.717) is 0 Å². The quantitative estimate of drug-likeness (QED) is 0.941. The number of hydrogen-bond acceptors (Lipinski definition) is 3. The molecule has 1 unspecified atom stereocenters. The summed E-state index contributed by atoms with van der Waals surface area (Å²) in [5, 5.41) is 0. The van der Waals surface area contributed by atoms with Crippen LogP contribution in [0.15, 0.2) is 42.5 Å². The number of ether oxygens (including phenoxy) is 1. The lowest BCUT2D eigenvalue weighted by molar-refractivity contribution is 0.242. The van der Waals surface area contributed by atoms with Gasteiger partial charge < -0.3 is 10.5 Å². The molecule has 0 aliphatic carbocycles. The van der Waals surface area contributed by atoms with Crippen molar-refractivity contribution in [2.75, 3.05) is 13.7 Å². The molecule has 0 spiro atoms. The first kappa shape index (κ1) is 15.1. The van der Waals surface area contributed by atoms with Gasteiger partial charge in [-0.3, -0.25) is 4.90 Å². The first-order valence-corrected chi connectivity index (χ1v) is 7.89. The van der Waals surface area contributed by atoms with Crippen molar-refractivity contribution >= 4 is 0 Å². The monoisotopic (exact) mass is 296 g/mol. The van der Waals surface area contributed by atoms with Crippen LogP contribution in [0.2, 0.25) is 0 Å². The summed E-state index contributed by atoms with van der Waals surface area (Å²) in [6.07, 6.45) is 1.05. The van der Waals surface area contributed by atoms with Crippen molar-refractivity contribution in [1.82, 2.24) is 4.90 Å². The summed E-state index contributed by atoms with van der Waals surface area (Å²) in [5.74, 6) is 1.03. The normalized spacial score (nSPS) is 16.1. The van der Waals surface area contributed by atoms with Crippen LogP contribution in [0.3, 0.4) is 0 Å². The molecule has 3 rings (SSSR count). The van der Waals surface area contributed by atoms with Gasteiger partial charge in [-0.25, -0.2) is 0 Å². The smallest absolute Gasteiger partial charge is 0.122 e. The second kappa shape index (κ2) is 6.51. The van der Waals surface area contributed by atoms with Crippen LogP contribution in [0.4, 0.5) is 0 Å². The summed E-state index contributed by atoms with van der Waals surface area (Å²) >= 11 is 0. The number of benzene rings is 2. The van der Waals surface area contributed by atoms with Crippen LogP contribution in [-0.2, 0) is 19.5 Å². The van der Waals surface area contributed by atoms with Gasteiger partial charge >= 0.3 is 0 Å². The fraction of sp³-hybridized carbons (Fsp3) is 0.368. The lowest BCUT2D eigenvalue weighted by atomic mass is 9.98. The highest BCUT2D eigenvalue weighted by atomic mass is 16.5. The van der Waals surface area contributed by atoms with Gasteiger partial charge in [-0.1, -0.05) is 36.4 Å². The molecule has 0 amide bonds. The second-order valence-corrected chi connectivity index (χ2v) is 6.09. The van der Waals surface area contributed by atoms with Gasteiger partial charge in [-0.15, -0.1) is 0 Å². The van der Waals surface area contributed by atoms with Crippen molar-refractivity contribution in [3.8, 4) is 5.75 Å². The van der Waals surface area contributed by atoms with Gasteiger partial charge in [0.2, 0.25) is 0 Å². The highest BCUT2D eigenvalue weighted by Crippen LogP contribution is 2.28. The van der Waals surface area contributed by atoms with E-state index in [9.17, 15) is 0 Å². The third-order valence-electron chi connectivity index (χ3n) is 4.43. The van der Waals surface area contributed by atoms with E-state index in [1.165, 1.54) is 22.3 Å².